The maximum Gasteiger partial charge on any atom is 0.0461 e. The van der Waals surface area contributed by atoms with Crippen LogP contribution in [0, 0.1) is 11.8 Å². The van der Waals surface area contributed by atoms with Gasteiger partial charge in [-0.3, -0.25) is 0 Å². The number of aliphatic hydroxyl groups is 1. The summed E-state index contributed by atoms with van der Waals surface area (Å²) in [5.41, 5.74) is 0. The van der Waals surface area contributed by atoms with Crippen molar-refractivity contribution in [3.8, 4) is 0 Å². The van der Waals surface area contributed by atoms with Crippen LogP contribution in [-0.2, 0) is 0 Å². The third-order valence-electron chi connectivity index (χ3n) is 2.36. The molecule has 1 atom stereocenters. The van der Waals surface area contributed by atoms with Gasteiger partial charge in [0, 0.05) is 6.61 Å². The van der Waals surface area contributed by atoms with E-state index in [0.29, 0.717) is 18.4 Å². The van der Waals surface area contributed by atoms with E-state index in [0.717, 1.165) is 0 Å². The van der Waals surface area contributed by atoms with Crippen LogP contribution in [0.15, 0.2) is 0 Å². The third kappa shape index (κ3) is 5.25. The smallest absolute Gasteiger partial charge is 0.0461 e. The summed E-state index contributed by atoms with van der Waals surface area (Å²) in [6.45, 7) is 6.95. The molecule has 0 saturated heterocycles. The summed E-state index contributed by atoms with van der Waals surface area (Å²) in [6.07, 6.45) is 5.06. The van der Waals surface area contributed by atoms with Gasteiger partial charge in [-0.2, -0.15) is 0 Å². The molecule has 0 aliphatic rings. The SMILES string of the molecule is CCCCCC(CO)C(C)C. The second-order valence-corrected chi connectivity index (χ2v) is 3.68. The summed E-state index contributed by atoms with van der Waals surface area (Å²) >= 11 is 0. The van der Waals surface area contributed by atoms with Gasteiger partial charge in [0.25, 0.3) is 0 Å². The summed E-state index contributed by atoms with van der Waals surface area (Å²) < 4.78 is 0. The van der Waals surface area contributed by atoms with Crippen molar-refractivity contribution in [1.29, 1.82) is 0 Å². The Morgan fingerprint density at radius 1 is 1.18 bits per heavy atom. The predicted molar refractivity (Wildman–Crippen MR) is 49.6 cm³/mol. The van der Waals surface area contributed by atoms with E-state index in [-0.39, 0.29) is 0 Å². The van der Waals surface area contributed by atoms with E-state index in [9.17, 15) is 0 Å². The molecule has 0 radical (unpaired) electrons. The molecular weight excluding hydrogens is 136 g/mol. The maximum absolute atomic E-state index is 9.00. The molecule has 0 fully saturated rings. The first-order chi connectivity index (χ1) is 5.22. The van der Waals surface area contributed by atoms with Crippen molar-refractivity contribution in [2.24, 2.45) is 11.8 Å². The lowest BCUT2D eigenvalue weighted by Crippen LogP contribution is -2.12. The lowest BCUT2D eigenvalue weighted by atomic mass is 9.91. The first-order valence-corrected chi connectivity index (χ1v) is 4.83. The Balaban J connectivity index is 3.36. The zero-order valence-corrected chi connectivity index (χ0v) is 8.14. The van der Waals surface area contributed by atoms with E-state index in [4.69, 9.17) is 5.11 Å². The molecule has 0 amide bonds. The highest BCUT2D eigenvalue weighted by Crippen LogP contribution is 2.17. The Bertz CT molecular complexity index is 78.9. The summed E-state index contributed by atoms with van der Waals surface area (Å²) in [5, 5.41) is 9.00. The zero-order valence-electron chi connectivity index (χ0n) is 8.14. The van der Waals surface area contributed by atoms with Gasteiger partial charge in [-0.25, -0.2) is 0 Å². The molecule has 0 spiro atoms. The van der Waals surface area contributed by atoms with Crippen LogP contribution in [0.1, 0.15) is 46.5 Å². The van der Waals surface area contributed by atoms with Crippen LogP contribution >= 0.6 is 0 Å². The Kier molecular flexibility index (Phi) is 6.63. The number of hydrogen-bond acceptors (Lipinski definition) is 1. The maximum atomic E-state index is 9.00. The molecule has 0 aromatic carbocycles. The molecule has 0 aromatic rings. The molecule has 0 aliphatic carbocycles. The summed E-state index contributed by atoms with van der Waals surface area (Å²) in [4.78, 5) is 0. The second-order valence-electron chi connectivity index (χ2n) is 3.68. The quantitative estimate of drug-likeness (QED) is 0.589. The summed E-state index contributed by atoms with van der Waals surface area (Å²) in [6, 6.07) is 0. The number of hydrogen-bond donors (Lipinski definition) is 1. The highest BCUT2D eigenvalue weighted by atomic mass is 16.3. The predicted octanol–water partition coefficient (Wildman–Crippen LogP) is 2.83. The van der Waals surface area contributed by atoms with Crippen molar-refractivity contribution in [1.82, 2.24) is 0 Å². The van der Waals surface area contributed by atoms with Crippen molar-refractivity contribution in [3.63, 3.8) is 0 Å². The fourth-order valence-corrected chi connectivity index (χ4v) is 1.29. The zero-order chi connectivity index (χ0) is 8.69. The molecule has 68 valence electrons. The average molecular weight is 158 g/mol. The molecule has 0 aromatic heterocycles. The highest BCUT2D eigenvalue weighted by Gasteiger charge is 2.10. The first kappa shape index (κ1) is 11.0. The lowest BCUT2D eigenvalue weighted by molar-refractivity contribution is 0.178. The molecule has 0 heterocycles. The van der Waals surface area contributed by atoms with Gasteiger partial charge in [-0.05, 0) is 18.3 Å². The monoisotopic (exact) mass is 158 g/mol. The number of aliphatic hydroxyl groups excluding tert-OH is 1. The third-order valence-corrected chi connectivity index (χ3v) is 2.36. The van der Waals surface area contributed by atoms with E-state index in [1.54, 1.807) is 0 Å². The van der Waals surface area contributed by atoms with Gasteiger partial charge in [-0.15, -0.1) is 0 Å². The van der Waals surface area contributed by atoms with Crippen molar-refractivity contribution >= 4 is 0 Å². The minimum absolute atomic E-state index is 0.362. The van der Waals surface area contributed by atoms with Crippen LogP contribution in [0.4, 0.5) is 0 Å². The van der Waals surface area contributed by atoms with Crippen LogP contribution in [0.5, 0.6) is 0 Å². The van der Waals surface area contributed by atoms with Gasteiger partial charge in [0.05, 0.1) is 0 Å². The first-order valence-electron chi connectivity index (χ1n) is 4.83. The summed E-state index contributed by atoms with van der Waals surface area (Å²) in [7, 11) is 0. The van der Waals surface area contributed by atoms with Crippen molar-refractivity contribution < 1.29 is 5.11 Å². The van der Waals surface area contributed by atoms with E-state index in [1.807, 2.05) is 0 Å². The minimum atomic E-state index is 0.362. The molecule has 1 nitrogen and oxygen atoms in total. The molecular formula is C10H22O. The number of rotatable bonds is 6. The standard InChI is InChI=1S/C10H22O/c1-4-5-6-7-10(8-11)9(2)3/h9-11H,4-8H2,1-3H3. The topological polar surface area (TPSA) is 20.2 Å². The normalized spacial score (nSPS) is 13.9. The van der Waals surface area contributed by atoms with E-state index >= 15 is 0 Å². The van der Waals surface area contributed by atoms with Crippen molar-refractivity contribution in [3.05, 3.63) is 0 Å². The van der Waals surface area contributed by atoms with Crippen molar-refractivity contribution in [2.75, 3.05) is 6.61 Å². The van der Waals surface area contributed by atoms with Crippen LogP contribution in [0.3, 0.4) is 0 Å². The van der Waals surface area contributed by atoms with E-state index < -0.39 is 0 Å². The Morgan fingerprint density at radius 3 is 2.18 bits per heavy atom. The molecule has 1 unspecified atom stereocenters. The van der Waals surface area contributed by atoms with Gasteiger partial charge in [-0.1, -0.05) is 40.0 Å². The molecule has 0 aliphatic heterocycles. The Morgan fingerprint density at radius 2 is 1.82 bits per heavy atom. The molecule has 0 rings (SSSR count). The largest absolute Gasteiger partial charge is 0.396 e. The minimum Gasteiger partial charge on any atom is -0.396 e. The lowest BCUT2D eigenvalue weighted by Gasteiger charge is -2.17. The fraction of sp³-hybridized carbons (Fsp3) is 1.00. The molecule has 0 bridgehead atoms. The Hall–Kier alpha value is -0.0400. The van der Waals surface area contributed by atoms with Gasteiger partial charge in [0.2, 0.25) is 0 Å². The number of unbranched alkanes of at least 4 members (excludes halogenated alkanes) is 2. The van der Waals surface area contributed by atoms with E-state index in [1.165, 1.54) is 25.7 Å². The molecule has 1 N–H and O–H groups in total. The second kappa shape index (κ2) is 6.66. The average Bonchev–Trinajstić information content (AvgIpc) is 1.97. The van der Waals surface area contributed by atoms with Gasteiger partial charge in [0.1, 0.15) is 0 Å². The molecule has 11 heavy (non-hydrogen) atoms. The van der Waals surface area contributed by atoms with Crippen LogP contribution < -0.4 is 0 Å². The van der Waals surface area contributed by atoms with Crippen LogP contribution in [0.2, 0.25) is 0 Å². The molecule has 0 saturated carbocycles. The highest BCUT2D eigenvalue weighted by molar-refractivity contribution is 4.61. The van der Waals surface area contributed by atoms with E-state index in [2.05, 4.69) is 20.8 Å². The van der Waals surface area contributed by atoms with Crippen LogP contribution in [-0.4, -0.2) is 11.7 Å². The Labute approximate surface area is 70.8 Å². The molecule has 1 heteroatoms. The summed E-state index contributed by atoms with van der Waals surface area (Å²) in [5.74, 6) is 1.17. The fourth-order valence-electron chi connectivity index (χ4n) is 1.29. The van der Waals surface area contributed by atoms with Crippen molar-refractivity contribution in [2.45, 2.75) is 46.5 Å². The van der Waals surface area contributed by atoms with Gasteiger partial charge < -0.3 is 5.11 Å². The van der Waals surface area contributed by atoms with Crippen LogP contribution in [0.25, 0.3) is 0 Å². The van der Waals surface area contributed by atoms with Gasteiger partial charge >= 0.3 is 0 Å². The van der Waals surface area contributed by atoms with Gasteiger partial charge in [0.15, 0.2) is 0 Å².